The Morgan fingerprint density at radius 2 is 1.76 bits per heavy atom. The van der Waals surface area contributed by atoms with Gasteiger partial charge in [0.25, 0.3) is 0 Å². The molecule has 1 aliphatic carbocycles. The van der Waals surface area contributed by atoms with Crippen molar-refractivity contribution in [3.8, 4) is 5.88 Å². The van der Waals surface area contributed by atoms with E-state index in [4.69, 9.17) is 9.47 Å². The minimum Gasteiger partial charge on any atom is -0.474 e. The predicted octanol–water partition coefficient (Wildman–Crippen LogP) is 2.14. The van der Waals surface area contributed by atoms with Gasteiger partial charge in [0.05, 0.1) is 24.1 Å². The number of nitrogens with zero attached hydrogens (tertiary/aromatic N) is 5. The summed E-state index contributed by atoms with van der Waals surface area (Å²) in [5, 5.41) is 0.962. The van der Waals surface area contributed by atoms with Gasteiger partial charge in [-0.2, -0.15) is 0 Å². The summed E-state index contributed by atoms with van der Waals surface area (Å²) < 4.78 is 11.4. The normalized spacial score (nSPS) is 20.6. The molecule has 0 spiro atoms. The first-order valence-corrected chi connectivity index (χ1v) is 10.6. The van der Waals surface area contributed by atoms with Crippen LogP contribution >= 0.6 is 0 Å². The molecule has 3 heterocycles. The van der Waals surface area contributed by atoms with Crippen LogP contribution in [0.1, 0.15) is 19.3 Å². The molecule has 0 atom stereocenters. The Hall–Kier alpha value is -2.61. The fourth-order valence-corrected chi connectivity index (χ4v) is 4.07. The number of ether oxygens (including phenoxy) is 2. The maximum atomic E-state index is 12.7. The molecule has 29 heavy (non-hydrogen) atoms. The van der Waals surface area contributed by atoms with Crippen LogP contribution in [0.5, 0.6) is 5.88 Å². The van der Waals surface area contributed by atoms with Crippen LogP contribution in [0.15, 0.2) is 24.5 Å². The molecule has 2 saturated heterocycles. The van der Waals surface area contributed by atoms with E-state index < -0.39 is 0 Å². The number of amides is 2. The van der Waals surface area contributed by atoms with Crippen LogP contribution in [0.25, 0.3) is 10.9 Å². The lowest BCUT2D eigenvalue weighted by Crippen LogP contribution is -2.54. The van der Waals surface area contributed by atoms with E-state index in [1.807, 2.05) is 15.9 Å². The van der Waals surface area contributed by atoms with E-state index in [1.54, 1.807) is 6.33 Å². The summed E-state index contributed by atoms with van der Waals surface area (Å²) in [6.07, 6.45) is 5.29. The van der Waals surface area contributed by atoms with E-state index in [9.17, 15) is 4.79 Å². The molecule has 5 rings (SSSR count). The van der Waals surface area contributed by atoms with Gasteiger partial charge in [0.15, 0.2) is 0 Å². The maximum Gasteiger partial charge on any atom is 0.320 e. The van der Waals surface area contributed by atoms with Crippen molar-refractivity contribution in [2.45, 2.75) is 25.4 Å². The van der Waals surface area contributed by atoms with Crippen LogP contribution in [-0.4, -0.2) is 84.4 Å². The number of fused-ring (bicyclic) bond motifs is 1. The number of piperazine rings is 1. The van der Waals surface area contributed by atoms with E-state index >= 15 is 0 Å². The number of carbonyl (C=O) groups is 1. The third-order valence-corrected chi connectivity index (χ3v) is 6.11. The molecule has 0 unspecified atom stereocenters. The summed E-state index contributed by atoms with van der Waals surface area (Å²) in [5.74, 6) is 0.683. The smallest absolute Gasteiger partial charge is 0.320 e. The van der Waals surface area contributed by atoms with E-state index in [0.29, 0.717) is 32.2 Å². The number of hydrogen-bond donors (Lipinski definition) is 0. The fraction of sp³-hybridized carbons (Fsp3) is 0.571. The number of aromatic nitrogens is 2. The molecule has 154 valence electrons. The second-order valence-corrected chi connectivity index (χ2v) is 7.91. The molecule has 8 nitrogen and oxygen atoms in total. The average molecular weight is 397 g/mol. The Kier molecular flexibility index (Phi) is 5.10. The molecule has 3 fully saturated rings. The number of rotatable bonds is 3. The molecule has 0 radical (unpaired) electrons. The van der Waals surface area contributed by atoms with E-state index in [-0.39, 0.29) is 12.1 Å². The van der Waals surface area contributed by atoms with Crippen molar-refractivity contribution in [2.75, 3.05) is 57.4 Å². The first-order valence-electron chi connectivity index (χ1n) is 10.6. The predicted molar refractivity (Wildman–Crippen MR) is 109 cm³/mol. The van der Waals surface area contributed by atoms with Gasteiger partial charge in [-0.05, 0) is 37.5 Å². The minimum atomic E-state index is 0.135. The van der Waals surface area contributed by atoms with Crippen molar-refractivity contribution < 1.29 is 14.3 Å². The first-order chi connectivity index (χ1) is 14.3. The SMILES string of the molecule is O=C(N1CCOCC1)N1CCN(c2ccc3ncnc(OC4CCC4)c3c2)CC1. The van der Waals surface area contributed by atoms with Gasteiger partial charge in [0, 0.05) is 45.0 Å². The number of benzene rings is 1. The Morgan fingerprint density at radius 1 is 1.00 bits per heavy atom. The van der Waals surface area contributed by atoms with Crippen LogP contribution in [0.2, 0.25) is 0 Å². The van der Waals surface area contributed by atoms with E-state index in [2.05, 4.69) is 27.0 Å². The Labute approximate surface area is 170 Å². The minimum absolute atomic E-state index is 0.135. The van der Waals surface area contributed by atoms with Crippen LogP contribution in [0.3, 0.4) is 0 Å². The third kappa shape index (κ3) is 3.81. The van der Waals surface area contributed by atoms with Crippen molar-refractivity contribution in [1.82, 2.24) is 19.8 Å². The average Bonchev–Trinajstić information content (AvgIpc) is 2.76. The maximum absolute atomic E-state index is 12.7. The van der Waals surface area contributed by atoms with Gasteiger partial charge in [-0.1, -0.05) is 0 Å². The zero-order valence-electron chi connectivity index (χ0n) is 16.6. The van der Waals surface area contributed by atoms with Crippen LogP contribution in [0.4, 0.5) is 10.5 Å². The van der Waals surface area contributed by atoms with Gasteiger partial charge in [0.1, 0.15) is 12.4 Å². The lowest BCUT2D eigenvalue weighted by Gasteiger charge is -2.39. The Balaban J connectivity index is 1.27. The number of urea groups is 1. The molecule has 1 saturated carbocycles. The molecule has 8 heteroatoms. The summed E-state index contributed by atoms with van der Waals surface area (Å²) in [6.45, 7) is 5.73. The topological polar surface area (TPSA) is 71.0 Å². The van der Waals surface area contributed by atoms with Crippen molar-refractivity contribution in [1.29, 1.82) is 0 Å². The zero-order chi connectivity index (χ0) is 19.6. The van der Waals surface area contributed by atoms with Crippen LogP contribution < -0.4 is 9.64 Å². The molecule has 2 aliphatic heterocycles. The standard InChI is InChI=1S/C21H27N5O3/c27-21(26-10-12-28-13-11-26)25-8-6-24(7-9-25)16-4-5-19-18(14-16)20(23-15-22-19)29-17-2-1-3-17/h4-5,14-15,17H,1-3,6-13H2. The molecule has 3 aliphatic rings. The largest absolute Gasteiger partial charge is 0.474 e. The second-order valence-electron chi connectivity index (χ2n) is 7.91. The molecule has 2 aromatic rings. The lowest BCUT2D eigenvalue weighted by atomic mass is 9.96. The van der Waals surface area contributed by atoms with Crippen molar-refractivity contribution in [3.63, 3.8) is 0 Å². The summed E-state index contributed by atoms with van der Waals surface area (Å²) in [7, 11) is 0. The first kappa shape index (κ1) is 18.4. The van der Waals surface area contributed by atoms with Gasteiger partial charge in [-0.25, -0.2) is 14.8 Å². The molecular weight excluding hydrogens is 370 g/mol. The molecule has 0 N–H and O–H groups in total. The van der Waals surface area contributed by atoms with Crippen LogP contribution in [0, 0.1) is 0 Å². The van der Waals surface area contributed by atoms with Gasteiger partial charge in [0.2, 0.25) is 5.88 Å². The number of morpholine rings is 1. The molecular formula is C21H27N5O3. The number of carbonyl (C=O) groups excluding carboxylic acids is 1. The van der Waals surface area contributed by atoms with Crippen molar-refractivity contribution in [2.24, 2.45) is 0 Å². The highest BCUT2D eigenvalue weighted by Gasteiger charge is 2.27. The fourth-order valence-electron chi connectivity index (χ4n) is 4.07. The zero-order valence-corrected chi connectivity index (χ0v) is 16.6. The number of hydrogen-bond acceptors (Lipinski definition) is 6. The summed E-state index contributed by atoms with van der Waals surface area (Å²) in [4.78, 5) is 27.6. The van der Waals surface area contributed by atoms with Gasteiger partial charge >= 0.3 is 6.03 Å². The highest BCUT2D eigenvalue weighted by molar-refractivity contribution is 5.86. The third-order valence-electron chi connectivity index (χ3n) is 6.11. The van der Waals surface area contributed by atoms with Gasteiger partial charge in [-0.3, -0.25) is 0 Å². The highest BCUT2D eigenvalue weighted by atomic mass is 16.5. The molecule has 0 bridgehead atoms. The second kappa shape index (κ2) is 8.02. The van der Waals surface area contributed by atoms with Crippen LogP contribution in [-0.2, 0) is 4.74 Å². The molecule has 1 aromatic carbocycles. The summed E-state index contributed by atoms with van der Waals surface area (Å²) in [6, 6.07) is 6.40. The van der Waals surface area contributed by atoms with E-state index in [0.717, 1.165) is 55.6 Å². The number of anilines is 1. The summed E-state index contributed by atoms with van der Waals surface area (Å²) in [5.41, 5.74) is 2.03. The van der Waals surface area contributed by atoms with Gasteiger partial charge in [-0.15, -0.1) is 0 Å². The molecule has 1 aromatic heterocycles. The molecule has 2 amide bonds. The van der Waals surface area contributed by atoms with Crippen molar-refractivity contribution >= 4 is 22.6 Å². The van der Waals surface area contributed by atoms with Crippen molar-refractivity contribution in [3.05, 3.63) is 24.5 Å². The lowest BCUT2D eigenvalue weighted by molar-refractivity contribution is 0.0428. The Morgan fingerprint density at radius 3 is 2.48 bits per heavy atom. The quantitative estimate of drug-likeness (QED) is 0.790. The highest BCUT2D eigenvalue weighted by Crippen LogP contribution is 2.31. The Bertz CT molecular complexity index is 874. The summed E-state index contributed by atoms with van der Waals surface area (Å²) >= 11 is 0. The van der Waals surface area contributed by atoms with Gasteiger partial charge < -0.3 is 24.2 Å². The van der Waals surface area contributed by atoms with E-state index in [1.165, 1.54) is 6.42 Å². The monoisotopic (exact) mass is 397 g/mol.